The lowest BCUT2D eigenvalue weighted by atomic mass is 9.87. The van der Waals surface area contributed by atoms with Crippen molar-refractivity contribution >= 4 is 18.0 Å². The highest BCUT2D eigenvalue weighted by atomic mass is 19.4. The normalized spacial score (nSPS) is 20.6. The Balaban J connectivity index is 1.39. The molecule has 0 unspecified atom stereocenters. The van der Waals surface area contributed by atoms with Gasteiger partial charge in [-0.15, -0.1) is 0 Å². The summed E-state index contributed by atoms with van der Waals surface area (Å²) in [5.74, 6) is -20.9. The number of alkyl halides is 9. The minimum absolute atomic E-state index is 0.0160. The van der Waals surface area contributed by atoms with Crippen molar-refractivity contribution in [3.63, 3.8) is 0 Å². The summed E-state index contributed by atoms with van der Waals surface area (Å²) in [6, 6.07) is 6.62. The van der Waals surface area contributed by atoms with Crippen LogP contribution in [0.1, 0.15) is 90.5 Å². The second kappa shape index (κ2) is 16.6. The Hall–Kier alpha value is -3.01. The highest BCUT2D eigenvalue weighted by molar-refractivity contribution is 5.87. The first kappa shape index (κ1) is 41.4. The van der Waals surface area contributed by atoms with E-state index in [1.54, 1.807) is 30.3 Å². The number of amides is 1. The van der Waals surface area contributed by atoms with Gasteiger partial charge in [0.1, 0.15) is 18.5 Å². The summed E-state index contributed by atoms with van der Waals surface area (Å²) in [5, 5.41) is 3.08. The first-order valence-corrected chi connectivity index (χ1v) is 16.6. The summed E-state index contributed by atoms with van der Waals surface area (Å²) in [6.07, 6.45) is -1.55. The molecule has 7 nitrogen and oxygen atoms in total. The number of ether oxygens (including phenoxy) is 4. The van der Waals surface area contributed by atoms with Crippen molar-refractivity contribution in [2.24, 2.45) is 5.41 Å². The van der Waals surface area contributed by atoms with Crippen molar-refractivity contribution in [3.05, 3.63) is 35.9 Å². The van der Waals surface area contributed by atoms with Gasteiger partial charge in [0.2, 0.25) is 5.91 Å². The lowest BCUT2D eigenvalue weighted by molar-refractivity contribution is -0.398. The molecule has 0 bridgehead atoms. The van der Waals surface area contributed by atoms with Gasteiger partial charge in [0.25, 0.3) is 0 Å². The number of carbonyl (C=O) groups is 2. The summed E-state index contributed by atoms with van der Waals surface area (Å²) >= 11 is 0. The smallest absolute Gasteiger partial charge is 0.460 e. The molecular weight excluding hydrogens is 689 g/mol. The first-order valence-electron chi connectivity index (χ1n) is 16.6. The van der Waals surface area contributed by atoms with E-state index in [-0.39, 0.29) is 44.1 Å². The average Bonchev–Trinajstić information content (AvgIpc) is 3.51. The fraction of sp³-hybridized carbons (Fsp3) is 0.706. The summed E-state index contributed by atoms with van der Waals surface area (Å²) in [6.45, 7) is 4.32. The number of benzene rings is 1. The fourth-order valence-corrected chi connectivity index (χ4v) is 5.47. The third-order valence-electron chi connectivity index (χ3n) is 9.16. The highest BCUT2D eigenvalue weighted by Gasteiger charge is 2.81. The Kier molecular flexibility index (Phi) is 13.7. The van der Waals surface area contributed by atoms with Crippen LogP contribution >= 0.6 is 0 Å². The van der Waals surface area contributed by atoms with E-state index in [1.807, 2.05) is 20.8 Å². The van der Waals surface area contributed by atoms with Crippen LogP contribution < -0.4 is 10.1 Å². The Labute approximate surface area is 285 Å². The minimum Gasteiger partial charge on any atom is -0.491 e. The van der Waals surface area contributed by atoms with Crippen LogP contribution in [0.3, 0.4) is 0 Å². The molecule has 1 aromatic carbocycles. The number of rotatable bonds is 17. The molecule has 1 aromatic rings. The summed E-state index contributed by atoms with van der Waals surface area (Å²) in [5.41, 5.74) is 0.233. The lowest BCUT2D eigenvalue weighted by Crippen LogP contribution is -2.61. The molecule has 3 rings (SSSR count). The van der Waals surface area contributed by atoms with Crippen molar-refractivity contribution in [2.45, 2.75) is 127 Å². The predicted molar refractivity (Wildman–Crippen MR) is 164 cm³/mol. The predicted octanol–water partition coefficient (Wildman–Crippen LogP) is 8.65. The molecule has 0 radical (unpaired) electrons. The zero-order valence-corrected chi connectivity index (χ0v) is 28.2. The largest absolute Gasteiger partial charge is 0.491 e. The topological polar surface area (TPSA) is 83.1 Å². The van der Waals surface area contributed by atoms with Gasteiger partial charge in [-0.2, -0.15) is 39.5 Å². The van der Waals surface area contributed by atoms with Gasteiger partial charge in [0.15, 0.2) is 5.79 Å². The van der Waals surface area contributed by atoms with E-state index in [1.165, 1.54) is 6.08 Å². The molecule has 0 aliphatic heterocycles. The second-order valence-electron chi connectivity index (χ2n) is 13.3. The van der Waals surface area contributed by atoms with Gasteiger partial charge in [-0.25, -0.2) is 4.79 Å². The van der Waals surface area contributed by atoms with Gasteiger partial charge in [0, 0.05) is 36.8 Å². The maximum absolute atomic E-state index is 13.9. The zero-order chi connectivity index (χ0) is 37.4. The number of hydrogen-bond acceptors (Lipinski definition) is 6. The third-order valence-corrected chi connectivity index (χ3v) is 9.16. The summed E-state index contributed by atoms with van der Waals surface area (Å²) < 4.78 is 140. The monoisotopic (exact) mass is 733 g/mol. The van der Waals surface area contributed by atoms with Crippen molar-refractivity contribution < 1.29 is 68.1 Å². The standard InChI is InChI=1S/C34H44F9NO6/c1-4-29(2,3)28(46)44-24-10-14-26(15-11-24)50-27(45)16-9-23-7-12-25(13-8-23)47-21-22-49-30(17-5-6-18-30)48-20-19-31(35,36)32(37,38)33(39,40)34(41,42)43/h7-9,12-13,16,24,26H,4-6,10-11,14-15,17-22H2,1-3H3,(H,44,46)/b16-9+/t24-,26-. The Morgan fingerprint density at radius 3 is 1.98 bits per heavy atom. The molecule has 50 heavy (non-hydrogen) atoms. The van der Waals surface area contributed by atoms with Crippen molar-refractivity contribution in [3.8, 4) is 5.75 Å². The van der Waals surface area contributed by atoms with Crippen LogP contribution in [0.25, 0.3) is 6.08 Å². The van der Waals surface area contributed by atoms with Crippen LogP contribution in [0, 0.1) is 5.41 Å². The maximum atomic E-state index is 13.9. The van der Waals surface area contributed by atoms with E-state index in [4.69, 9.17) is 18.9 Å². The molecule has 0 heterocycles. The molecular formula is C34H44F9NO6. The molecule has 0 spiro atoms. The molecule has 0 saturated heterocycles. The quantitative estimate of drug-likeness (QED) is 0.0568. The van der Waals surface area contributed by atoms with Gasteiger partial charge in [-0.1, -0.05) is 32.9 Å². The van der Waals surface area contributed by atoms with Crippen molar-refractivity contribution in [1.29, 1.82) is 0 Å². The lowest BCUT2D eigenvalue weighted by Gasteiger charge is -2.35. The SMILES string of the molecule is CCC(C)(C)C(=O)N[C@H]1CC[C@H](OC(=O)/C=C/c2ccc(OCCOC3(OCCC(F)(F)C(F)(F)C(F)(F)C(F)(F)F)CCCC3)cc2)CC1. The van der Waals surface area contributed by atoms with E-state index in [0.29, 0.717) is 49.8 Å². The van der Waals surface area contributed by atoms with E-state index in [9.17, 15) is 49.1 Å². The van der Waals surface area contributed by atoms with Crippen LogP contribution in [0.5, 0.6) is 5.75 Å². The number of halogens is 9. The van der Waals surface area contributed by atoms with E-state index in [0.717, 1.165) is 6.42 Å². The number of hydrogen-bond donors (Lipinski definition) is 1. The van der Waals surface area contributed by atoms with Gasteiger partial charge < -0.3 is 24.3 Å². The van der Waals surface area contributed by atoms with Crippen LogP contribution in [0.15, 0.2) is 30.3 Å². The molecule has 1 amide bonds. The molecule has 16 heteroatoms. The molecule has 2 saturated carbocycles. The molecule has 2 fully saturated rings. The van der Waals surface area contributed by atoms with Gasteiger partial charge in [0.05, 0.1) is 13.2 Å². The highest BCUT2D eigenvalue weighted by Crippen LogP contribution is 2.54. The summed E-state index contributed by atoms with van der Waals surface area (Å²) in [7, 11) is 0. The third kappa shape index (κ3) is 10.5. The van der Waals surface area contributed by atoms with Crippen LogP contribution in [-0.2, 0) is 23.8 Å². The van der Waals surface area contributed by atoms with Crippen LogP contribution in [-0.4, -0.2) is 73.6 Å². The Morgan fingerprint density at radius 1 is 0.840 bits per heavy atom. The number of esters is 1. The van der Waals surface area contributed by atoms with E-state index in [2.05, 4.69) is 5.32 Å². The van der Waals surface area contributed by atoms with Gasteiger partial charge in [-0.05, 0) is 68.7 Å². The zero-order valence-electron chi connectivity index (χ0n) is 28.2. The minimum atomic E-state index is -6.95. The van der Waals surface area contributed by atoms with Gasteiger partial charge >= 0.3 is 29.9 Å². The van der Waals surface area contributed by atoms with E-state index >= 15 is 0 Å². The van der Waals surface area contributed by atoms with Crippen LogP contribution in [0.4, 0.5) is 39.5 Å². The maximum Gasteiger partial charge on any atom is 0.460 e. The Morgan fingerprint density at radius 2 is 1.42 bits per heavy atom. The molecule has 1 N–H and O–H groups in total. The van der Waals surface area contributed by atoms with Crippen molar-refractivity contribution in [1.82, 2.24) is 5.32 Å². The average molecular weight is 734 g/mol. The van der Waals surface area contributed by atoms with Crippen LogP contribution in [0.2, 0.25) is 0 Å². The fourth-order valence-electron chi connectivity index (χ4n) is 5.47. The number of nitrogens with one attached hydrogen (secondary N) is 1. The summed E-state index contributed by atoms with van der Waals surface area (Å²) in [4.78, 5) is 24.8. The molecule has 0 atom stereocenters. The Bertz CT molecular complexity index is 1290. The van der Waals surface area contributed by atoms with E-state index < -0.39 is 54.1 Å². The molecule has 0 aromatic heterocycles. The first-order chi connectivity index (χ1) is 23.1. The molecule has 2 aliphatic carbocycles. The number of carbonyl (C=O) groups excluding carboxylic acids is 2. The van der Waals surface area contributed by atoms with Gasteiger partial charge in [-0.3, -0.25) is 4.79 Å². The molecule has 2 aliphatic rings. The van der Waals surface area contributed by atoms with Crippen molar-refractivity contribution in [2.75, 3.05) is 19.8 Å². The second-order valence-corrected chi connectivity index (χ2v) is 13.3. The molecule has 284 valence electrons.